The summed E-state index contributed by atoms with van der Waals surface area (Å²) in [5.74, 6) is 0.503. The van der Waals surface area contributed by atoms with Gasteiger partial charge < -0.3 is 14.4 Å². The molecule has 0 atom stereocenters. The highest BCUT2D eigenvalue weighted by atomic mass is 35.5. The summed E-state index contributed by atoms with van der Waals surface area (Å²) in [7, 11) is 0. The molecule has 1 amide bonds. The lowest BCUT2D eigenvalue weighted by molar-refractivity contribution is -0.135. The number of benzene rings is 2. The van der Waals surface area contributed by atoms with Crippen molar-refractivity contribution < 1.29 is 18.7 Å². The highest BCUT2D eigenvalue weighted by Gasteiger charge is 2.21. The molecule has 1 saturated heterocycles. The quantitative estimate of drug-likeness (QED) is 0.726. The molecule has 1 aliphatic heterocycles. The Morgan fingerprint density at radius 2 is 1.70 bits per heavy atom. The average molecular weight is 393 g/mol. The number of ether oxygens (including phenoxy) is 2. The van der Waals surface area contributed by atoms with Gasteiger partial charge in [-0.05, 0) is 36.4 Å². The molecule has 0 aliphatic carbocycles. The molecule has 0 bridgehead atoms. The highest BCUT2D eigenvalue weighted by molar-refractivity contribution is 6.30. The maximum atomic E-state index is 13.5. The SMILES string of the molecule is O=C(COc1ccc(Cl)cc1)N1CCN(CCOc2ccccc2F)CC1. The maximum absolute atomic E-state index is 13.5. The van der Waals surface area contributed by atoms with Crippen molar-refractivity contribution >= 4 is 17.5 Å². The summed E-state index contributed by atoms with van der Waals surface area (Å²) < 4.78 is 24.5. The molecule has 0 N–H and O–H groups in total. The molecule has 0 spiro atoms. The molecule has 1 aliphatic rings. The molecule has 0 radical (unpaired) electrons. The smallest absolute Gasteiger partial charge is 0.260 e. The molecule has 0 saturated carbocycles. The molecule has 2 aromatic rings. The minimum Gasteiger partial charge on any atom is -0.489 e. The van der Waals surface area contributed by atoms with Gasteiger partial charge in [0.15, 0.2) is 18.2 Å². The molecule has 5 nitrogen and oxygen atoms in total. The van der Waals surface area contributed by atoms with Crippen molar-refractivity contribution in [3.05, 3.63) is 59.4 Å². The predicted molar refractivity (Wildman–Crippen MR) is 102 cm³/mol. The Morgan fingerprint density at radius 1 is 1.00 bits per heavy atom. The molecule has 1 heterocycles. The number of hydrogen-bond donors (Lipinski definition) is 0. The van der Waals surface area contributed by atoms with E-state index in [4.69, 9.17) is 21.1 Å². The van der Waals surface area contributed by atoms with Crippen LogP contribution in [0.25, 0.3) is 0 Å². The minimum absolute atomic E-state index is 0.0119. The molecule has 7 heteroatoms. The van der Waals surface area contributed by atoms with E-state index in [2.05, 4.69) is 4.90 Å². The molecule has 0 unspecified atom stereocenters. The van der Waals surface area contributed by atoms with E-state index in [9.17, 15) is 9.18 Å². The zero-order chi connectivity index (χ0) is 19.1. The van der Waals surface area contributed by atoms with Gasteiger partial charge in [-0.3, -0.25) is 9.69 Å². The average Bonchev–Trinajstić information content (AvgIpc) is 2.69. The number of rotatable bonds is 7. The Kier molecular flexibility index (Phi) is 6.90. The first-order valence-corrected chi connectivity index (χ1v) is 9.25. The van der Waals surface area contributed by atoms with Crippen molar-refractivity contribution in [2.75, 3.05) is 45.9 Å². The Morgan fingerprint density at radius 3 is 2.41 bits per heavy atom. The van der Waals surface area contributed by atoms with Crippen LogP contribution >= 0.6 is 11.6 Å². The van der Waals surface area contributed by atoms with Crippen molar-refractivity contribution in [1.29, 1.82) is 0 Å². The van der Waals surface area contributed by atoms with Gasteiger partial charge in [0.1, 0.15) is 12.4 Å². The van der Waals surface area contributed by atoms with Crippen LogP contribution in [0.2, 0.25) is 5.02 Å². The molecule has 2 aromatic carbocycles. The van der Waals surface area contributed by atoms with Crippen molar-refractivity contribution in [2.45, 2.75) is 0 Å². The second kappa shape index (κ2) is 9.58. The third kappa shape index (κ3) is 5.84. The van der Waals surface area contributed by atoms with E-state index in [1.807, 2.05) is 0 Å². The summed E-state index contributed by atoms with van der Waals surface area (Å²) in [6.45, 7) is 3.91. The van der Waals surface area contributed by atoms with Crippen LogP contribution in [0.5, 0.6) is 11.5 Å². The normalized spacial score (nSPS) is 14.8. The predicted octanol–water partition coefficient (Wildman–Crippen LogP) is 3.08. The van der Waals surface area contributed by atoms with Gasteiger partial charge in [-0.2, -0.15) is 0 Å². The lowest BCUT2D eigenvalue weighted by Gasteiger charge is -2.34. The van der Waals surface area contributed by atoms with Crippen LogP contribution in [0.15, 0.2) is 48.5 Å². The van der Waals surface area contributed by atoms with Crippen LogP contribution in [-0.4, -0.2) is 61.6 Å². The van der Waals surface area contributed by atoms with E-state index >= 15 is 0 Å². The minimum atomic E-state index is -0.353. The monoisotopic (exact) mass is 392 g/mol. The van der Waals surface area contributed by atoms with Gasteiger partial charge >= 0.3 is 0 Å². The zero-order valence-corrected chi connectivity index (χ0v) is 15.7. The lowest BCUT2D eigenvalue weighted by atomic mass is 10.3. The first-order valence-electron chi connectivity index (χ1n) is 8.87. The molecule has 144 valence electrons. The number of halogens is 2. The first-order chi connectivity index (χ1) is 13.1. The number of carbonyl (C=O) groups excluding carboxylic acids is 1. The number of piperazine rings is 1. The second-order valence-corrected chi connectivity index (χ2v) is 6.68. The van der Waals surface area contributed by atoms with Crippen molar-refractivity contribution in [2.24, 2.45) is 0 Å². The van der Waals surface area contributed by atoms with E-state index in [1.54, 1.807) is 47.4 Å². The number of hydrogen-bond acceptors (Lipinski definition) is 4. The fourth-order valence-corrected chi connectivity index (χ4v) is 2.96. The lowest BCUT2D eigenvalue weighted by Crippen LogP contribution is -2.50. The van der Waals surface area contributed by atoms with Crippen LogP contribution in [0.4, 0.5) is 4.39 Å². The summed E-state index contributed by atoms with van der Waals surface area (Å²) in [4.78, 5) is 16.3. The van der Waals surface area contributed by atoms with Gasteiger partial charge in [-0.1, -0.05) is 23.7 Å². The molecular weight excluding hydrogens is 371 g/mol. The van der Waals surface area contributed by atoms with Crippen LogP contribution in [0, 0.1) is 5.82 Å². The maximum Gasteiger partial charge on any atom is 0.260 e. The number of nitrogens with zero attached hydrogens (tertiary/aromatic N) is 2. The van der Waals surface area contributed by atoms with Crippen molar-refractivity contribution in [3.63, 3.8) is 0 Å². The Labute approximate surface area is 163 Å². The summed E-state index contributed by atoms with van der Waals surface area (Å²) in [6, 6.07) is 13.3. The largest absolute Gasteiger partial charge is 0.489 e. The summed E-state index contributed by atoms with van der Waals surface area (Å²) in [5, 5.41) is 0.629. The summed E-state index contributed by atoms with van der Waals surface area (Å²) in [6.07, 6.45) is 0. The number of para-hydroxylation sites is 1. The second-order valence-electron chi connectivity index (χ2n) is 6.24. The van der Waals surface area contributed by atoms with Gasteiger partial charge in [0.2, 0.25) is 0 Å². The van der Waals surface area contributed by atoms with Crippen LogP contribution in [0.1, 0.15) is 0 Å². The fraction of sp³-hybridized carbons (Fsp3) is 0.350. The molecule has 0 aromatic heterocycles. The highest BCUT2D eigenvalue weighted by Crippen LogP contribution is 2.16. The number of carbonyl (C=O) groups is 1. The molecule has 1 fully saturated rings. The van der Waals surface area contributed by atoms with Crippen LogP contribution in [0.3, 0.4) is 0 Å². The third-order valence-corrected chi connectivity index (χ3v) is 4.65. The number of amides is 1. The summed E-state index contributed by atoms with van der Waals surface area (Å²) >= 11 is 5.83. The van der Waals surface area contributed by atoms with E-state index < -0.39 is 0 Å². The topological polar surface area (TPSA) is 42.0 Å². The standard InChI is InChI=1S/C20H22ClFN2O3/c21-16-5-7-17(8-6-16)27-15-20(25)24-11-9-23(10-12-24)13-14-26-19-4-2-1-3-18(19)22/h1-8H,9-15H2. The summed E-state index contributed by atoms with van der Waals surface area (Å²) in [5.41, 5.74) is 0. The van der Waals surface area contributed by atoms with Gasteiger partial charge in [-0.25, -0.2) is 4.39 Å². The molecule has 3 rings (SSSR count). The van der Waals surface area contributed by atoms with Gasteiger partial charge in [0.05, 0.1) is 0 Å². The molecule has 27 heavy (non-hydrogen) atoms. The van der Waals surface area contributed by atoms with Gasteiger partial charge in [-0.15, -0.1) is 0 Å². The van der Waals surface area contributed by atoms with Crippen LogP contribution in [-0.2, 0) is 4.79 Å². The van der Waals surface area contributed by atoms with Gasteiger partial charge in [0, 0.05) is 37.7 Å². The van der Waals surface area contributed by atoms with E-state index in [0.29, 0.717) is 37.0 Å². The van der Waals surface area contributed by atoms with Gasteiger partial charge in [0.25, 0.3) is 5.91 Å². The van der Waals surface area contributed by atoms with Crippen molar-refractivity contribution in [3.8, 4) is 11.5 Å². The van der Waals surface area contributed by atoms with Crippen molar-refractivity contribution in [1.82, 2.24) is 9.80 Å². The van der Waals surface area contributed by atoms with E-state index in [1.165, 1.54) is 6.07 Å². The van der Waals surface area contributed by atoms with Crippen LogP contribution < -0.4 is 9.47 Å². The zero-order valence-electron chi connectivity index (χ0n) is 14.9. The third-order valence-electron chi connectivity index (χ3n) is 4.40. The fourth-order valence-electron chi connectivity index (χ4n) is 2.83. The Balaban J connectivity index is 1.35. The molecular formula is C20H22ClFN2O3. The Bertz CT molecular complexity index is 749. The van der Waals surface area contributed by atoms with E-state index in [-0.39, 0.29) is 24.1 Å². The first kappa shape index (κ1) is 19.5. The Hall–Kier alpha value is -2.31. The van der Waals surface area contributed by atoms with E-state index in [0.717, 1.165) is 13.1 Å².